The van der Waals surface area contributed by atoms with Crippen molar-refractivity contribution in [3.63, 3.8) is 0 Å². The highest BCUT2D eigenvalue weighted by Gasteiger charge is 2.26. The third-order valence-corrected chi connectivity index (χ3v) is 4.98. The predicted octanol–water partition coefficient (Wildman–Crippen LogP) is 2.68. The van der Waals surface area contributed by atoms with E-state index >= 15 is 0 Å². The molecule has 5 nitrogen and oxygen atoms in total. The van der Waals surface area contributed by atoms with Crippen LogP contribution in [0.2, 0.25) is 0 Å². The summed E-state index contributed by atoms with van der Waals surface area (Å²) < 4.78 is 5.94. The van der Waals surface area contributed by atoms with E-state index < -0.39 is 0 Å². The van der Waals surface area contributed by atoms with Crippen molar-refractivity contribution in [2.75, 3.05) is 20.1 Å². The van der Waals surface area contributed by atoms with Crippen LogP contribution in [0.3, 0.4) is 0 Å². The molecule has 1 fully saturated rings. The summed E-state index contributed by atoms with van der Waals surface area (Å²) in [7, 11) is 1.83. The molecule has 2 aromatic rings. The van der Waals surface area contributed by atoms with Gasteiger partial charge in [0.15, 0.2) is 5.96 Å². The first-order valence-electron chi connectivity index (χ1n) is 7.82. The van der Waals surface area contributed by atoms with E-state index in [0.29, 0.717) is 5.88 Å². The van der Waals surface area contributed by atoms with Crippen LogP contribution < -0.4 is 10.1 Å². The highest BCUT2D eigenvalue weighted by molar-refractivity contribution is 7.10. The molecule has 1 N–H and O–H groups in total. The summed E-state index contributed by atoms with van der Waals surface area (Å²) >= 11 is 1.78. The Balaban J connectivity index is 1.53. The third-order valence-electron chi connectivity index (χ3n) is 3.96. The van der Waals surface area contributed by atoms with Crippen molar-refractivity contribution < 1.29 is 4.74 Å². The Hall–Kier alpha value is -2.08. The van der Waals surface area contributed by atoms with E-state index in [1.54, 1.807) is 17.5 Å². The number of rotatable bonds is 4. The van der Waals surface area contributed by atoms with E-state index in [1.807, 2.05) is 25.2 Å². The highest BCUT2D eigenvalue weighted by Crippen LogP contribution is 2.17. The van der Waals surface area contributed by atoms with Crippen molar-refractivity contribution in [2.45, 2.75) is 26.0 Å². The zero-order chi connectivity index (χ0) is 16.1. The van der Waals surface area contributed by atoms with Gasteiger partial charge in [0.1, 0.15) is 6.10 Å². The minimum Gasteiger partial charge on any atom is -0.472 e. The quantitative estimate of drug-likeness (QED) is 0.692. The molecule has 0 amide bonds. The lowest BCUT2D eigenvalue weighted by atomic mass is 10.3. The summed E-state index contributed by atoms with van der Waals surface area (Å²) in [6, 6.07) is 7.89. The van der Waals surface area contributed by atoms with Crippen LogP contribution in [0.1, 0.15) is 16.9 Å². The van der Waals surface area contributed by atoms with Crippen molar-refractivity contribution in [3.8, 4) is 5.88 Å². The Bertz CT molecular complexity index is 656. The number of hydrogen-bond acceptors (Lipinski definition) is 4. The number of likely N-dealkylation sites (tertiary alicyclic amines) is 1. The molecule has 1 atom stereocenters. The largest absolute Gasteiger partial charge is 0.472 e. The standard InChI is InChI=1S/C17H22N4OS/c1-13-7-10-23-15(13)11-20-17(18-2)21-9-6-14(12-21)22-16-5-3-4-8-19-16/h3-5,7-8,10,14H,6,9,11-12H2,1-2H3,(H,18,20). The van der Waals surface area contributed by atoms with Crippen molar-refractivity contribution >= 4 is 17.3 Å². The molecule has 23 heavy (non-hydrogen) atoms. The van der Waals surface area contributed by atoms with E-state index in [1.165, 1.54) is 10.4 Å². The van der Waals surface area contributed by atoms with E-state index in [0.717, 1.165) is 32.0 Å². The Kier molecular flexibility index (Phi) is 5.12. The number of thiophene rings is 1. The summed E-state index contributed by atoms with van der Waals surface area (Å²) in [6.07, 6.45) is 2.90. The molecule has 1 unspecified atom stereocenters. The number of aromatic nitrogens is 1. The molecule has 1 aliphatic heterocycles. The second-order valence-electron chi connectivity index (χ2n) is 5.57. The Morgan fingerprint density at radius 3 is 3.09 bits per heavy atom. The fraction of sp³-hybridized carbons (Fsp3) is 0.412. The Morgan fingerprint density at radius 1 is 1.48 bits per heavy atom. The van der Waals surface area contributed by atoms with Crippen LogP contribution >= 0.6 is 11.3 Å². The van der Waals surface area contributed by atoms with Crippen molar-refractivity contribution in [1.29, 1.82) is 0 Å². The van der Waals surface area contributed by atoms with Crippen LogP contribution in [0.25, 0.3) is 0 Å². The molecule has 3 rings (SSSR count). The molecule has 2 aromatic heterocycles. The van der Waals surface area contributed by atoms with Gasteiger partial charge in [-0.3, -0.25) is 4.99 Å². The average Bonchev–Trinajstić information content (AvgIpc) is 3.19. The molecular weight excluding hydrogens is 308 g/mol. The smallest absolute Gasteiger partial charge is 0.213 e. The summed E-state index contributed by atoms with van der Waals surface area (Å²) in [5, 5.41) is 5.58. The molecule has 0 aliphatic carbocycles. The van der Waals surface area contributed by atoms with E-state index in [9.17, 15) is 0 Å². The number of pyridine rings is 1. The topological polar surface area (TPSA) is 49.8 Å². The van der Waals surface area contributed by atoms with Crippen LogP contribution in [-0.4, -0.2) is 42.1 Å². The van der Waals surface area contributed by atoms with Gasteiger partial charge in [0.2, 0.25) is 5.88 Å². The van der Waals surface area contributed by atoms with Gasteiger partial charge >= 0.3 is 0 Å². The van der Waals surface area contributed by atoms with Gasteiger partial charge in [-0.1, -0.05) is 6.07 Å². The van der Waals surface area contributed by atoms with Gasteiger partial charge in [-0.05, 0) is 30.0 Å². The van der Waals surface area contributed by atoms with Gasteiger partial charge < -0.3 is 15.0 Å². The Labute approximate surface area is 141 Å². The second kappa shape index (κ2) is 7.46. The molecule has 0 bridgehead atoms. The monoisotopic (exact) mass is 330 g/mol. The van der Waals surface area contributed by atoms with Gasteiger partial charge in [-0.15, -0.1) is 11.3 Å². The zero-order valence-electron chi connectivity index (χ0n) is 13.5. The molecule has 6 heteroatoms. The molecule has 1 saturated heterocycles. The van der Waals surface area contributed by atoms with Crippen LogP contribution in [-0.2, 0) is 6.54 Å². The first-order valence-corrected chi connectivity index (χ1v) is 8.70. The van der Waals surface area contributed by atoms with E-state index in [2.05, 4.69) is 38.6 Å². The lowest BCUT2D eigenvalue weighted by Crippen LogP contribution is -2.40. The zero-order valence-corrected chi connectivity index (χ0v) is 14.3. The van der Waals surface area contributed by atoms with E-state index in [-0.39, 0.29) is 6.10 Å². The number of hydrogen-bond donors (Lipinski definition) is 1. The van der Waals surface area contributed by atoms with E-state index in [4.69, 9.17) is 4.74 Å². The summed E-state index contributed by atoms with van der Waals surface area (Å²) in [6.45, 7) is 4.74. The maximum atomic E-state index is 5.94. The molecule has 0 saturated carbocycles. The maximum absolute atomic E-state index is 5.94. The number of aryl methyl sites for hydroxylation is 1. The first-order chi connectivity index (χ1) is 11.3. The predicted molar refractivity (Wildman–Crippen MR) is 94.1 cm³/mol. The van der Waals surface area contributed by atoms with Crippen LogP contribution in [0.5, 0.6) is 5.88 Å². The van der Waals surface area contributed by atoms with Gasteiger partial charge in [0, 0.05) is 37.2 Å². The number of nitrogens with one attached hydrogen (secondary N) is 1. The van der Waals surface area contributed by atoms with Crippen molar-refractivity contribution in [3.05, 3.63) is 46.3 Å². The fourth-order valence-electron chi connectivity index (χ4n) is 2.68. The molecular formula is C17H22N4OS. The second-order valence-corrected chi connectivity index (χ2v) is 6.57. The summed E-state index contributed by atoms with van der Waals surface area (Å²) in [4.78, 5) is 12.2. The maximum Gasteiger partial charge on any atom is 0.213 e. The van der Waals surface area contributed by atoms with Crippen LogP contribution in [0.4, 0.5) is 0 Å². The van der Waals surface area contributed by atoms with Crippen LogP contribution in [0, 0.1) is 6.92 Å². The van der Waals surface area contributed by atoms with Gasteiger partial charge in [-0.25, -0.2) is 4.98 Å². The van der Waals surface area contributed by atoms with Gasteiger partial charge in [0.25, 0.3) is 0 Å². The highest BCUT2D eigenvalue weighted by atomic mass is 32.1. The molecule has 122 valence electrons. The molecule has 1 aliphatic rings. The number of ether oxygens (including phenoxy) is 1. The average molecular weight is 330 g/mol. The summed E-state index contributed by atoms with van der Waals surface area (Å²) in [5.74, 6) is 1.63. The lowest BCUT2D eigenvalue weighted by molar-refractivity contribution is 0.205. The lowest BCUT2D eigenvalue weighted by Gasteiger charge is -2.21. The SMILES string of the molecule is CN=C(NCc1sccc1C)N1CCC(Oc2ccccn2)C1. The normalized spacial score (nSPS) is 18.3. The fourth-order valence-corrected chi connectivity index (χ4v) is 3.53. The molecule has 0 aromatic carbocycles. The van der Waals surface area contributed by atoms with Crippen LogP contribution in [0.15, 0.2) is 40.8 Å². The summed E-state index contributed by atoms with van der Waals surface area (Å²) in [5.41, 5.74) is 1.33. The van der Waals surface area contributed by atoms with Crippen molar-refractivity contribution in [1.82, 2.24) is 15.2 Å². The van der Waals surface area contributed by atoms with Gasteiger partial charge in [0.05, 0.1) is 13.1 Å². The number of guanidine groups is 1. The minimum absolute atomic E-state index is 0.159. The minimum atomic E-state index is 0.159. The molecule has 3 heterocycles. The molecule has 0 radical (unpaired) electrons. The van der Waals surface area contributed by atoms with Crippen molar-refractivity contribution in [2.24, 2.45) is 4.99 Å². The number of aliphatic imine (C=N–C) groups is 1. The first kappa shape index (κ1) is 15.8. The number of nitrogens with zero attached hydrogens (tertiary/aromatic N) is 3. The third kappa shape index (κ3) is 4.01. The Morgan fingerprint density at radius 2 is 2.39 bits per heavy atom. The molecule has 0 spiro atoms. The van der Waals surface area contributed by atoms with Gasteiger partial charge in [-0.2, -0.15) is 0 Å².